The molecule has 0 radical (unpaired) electrons. The number of hydrogen-bond acceptors (Lipinski definition) is 6. The number of rotatable bonds is 5. The maximum Gasteiger partial charge on any atom is 0.243 e. The van der Waals surface area contributed by atoms with Crippen LogP contribution in [0.25, 0.3) is 10.9 Å². The highest BCUT2D eigenvalue weighted by Crippen LogP contribution is 2.33. The lowest BCUT2D eigenvalue weighted by Gasteiger charge is -2.29. The number of anilines is 2. The van der Waals surface area contributed by atoms with E-state index in [4.69, 9.17) is 4.74 Å². The molecule has 1 aliphatic rings. The van der Waals surface area contributed by atoms with E-state index in [0.717, 1.165) is 35.9 Å². The van der Waals surface area contributed by atoms with Crippen molar-refractivity contribution in [2.45, 2.75) is 13.0 Å². The van der Waals surface area contributed by atoms with Gasteiger partial charge in [0.25, 0.3) is 0 Å². The third-order valence-electron chi connectivity index (χ3n) is 4.23. The molecule has 2 N–H and O–H groups in total. The molecule has 0 bridgehead atoms. The minimum atomic E-state index is -3.48. The van der Waals surface area contributed by atoms with Crippen LogP contribution >= 0.6 is 0 Å². The van der Waals surface area contributed by atoms with E-state index in [1.165, 1.54) is 6.92 Å². The Morgan fingerprint density at radius 3 is 2.65 bits per heavy atom. The van der Waals surface area contributed by atoms with Crippen molar-refractivity contribution in [1.29, 1.82) is 0 Å². The van der Waals surface area contributed by atoms with Crippen LogP contribution in [0, 0.1) is 0 Å². The molecule has 2 heterocycles. The van der Waals surface area contributed by atoms with Crippen LogP contribution in [-0.2, 0) is 26.6 Å². The van der Waals surface area contributed by atoms with Gasteiger partial charge in [0.1, 0.15) is 0 Å². The minimum absolute atomic E-state index is 0.414. The van der Waals surface area contributed by atoms with Crippen LogP contribution in [0.5, 0.6) is 0 Å². The summed E-state index contributed by atoms with van der Waals surface area (Å²) in [7, 11) is -1.68. The van der Waals surface area contributed by atoms with Crippen LogP contribution in [-0.4, -0.2) is 62.7 Å². The number of fused-ring (bicyclic) bond motifs is 1. The molecule has 1 aliphatic heterocycles. The van der Waals surface area contributed by atoms with Gasteiger partial charge in [-0.3, -0.25) is 9.48 Å². The fourth-order valence-corrected chi connectivity index (χ4v) is 3.80. The number of nitrogens with one attached hydrogen (secondary N) is 2. The molecule has 1 aromatic heterocycles. The summed E-state index contributed by atoms with van der Waals surface area (Å²) in [6.07, 6.45) is 1.02. The molecule has 9 nitrogen and oxygen atoms in total. The van der Waals surface area contributed by atoms with Gasteiger partial charge in [-0.05, 0) is 19.1 Å². The van der Waals surface area contributed by atoms with Gasteiger partial charge in [0, 0.05) is 20.1 Å². The van der Waals surface area contributed by atoms with Gasteiger partial charge < -0.3 is 15.0 Å². The summed E-state index contributed by atoms with van der Waals surface area (Å²) in [5, 5.41) is 8.00. The predicted octanol–water partition coefficient (Wildman–Crippen LogP) is 0.286. The molecule has 0 aliphatic carbocycles. The Morgan fingerprint density at radius 2 is 2.00 bits per heavy atom. The second-order valence-electron chi connectivity index (χ2n) is 6.34. The van der Waals surface area contributed by atoms with E-state index in [9.17, 15) is 13.2 Å². The lowest BCUT2D eigenvalue weighted by atomic mass is 10.1. The number of morpholine rings is 1. The molecule has 0 saturated carbocycles. The Hall–Kier alpha value is -2.17. The van der Waals surface area contributed by atoms with E-state index in [0.29, 0.717) is 19.0 Å². The summed E-state index contributed by atoms with van der Waals surface area (Å²) in [6.45, 7) is 4.30. The molecular weight excluding hydrogens is 358 g/mol. The second kappa shape index (κ2) is 7.22. The van der Waals surface area contributed by atoms with Crippen LogP contribution in [0.3, 0.4) is 0 Å². The monoisotopic (exact) mass is 381 g/mol. The molecule has 1 fully saturated rings. The fourth-order valence-electron chi connectivity index (χ4n) is 3.05. The molecule has 26 heavy (non-hydrogen) atoms. The summed E-state index contributed by atoms with van der Waals surface area (Å²) >= 11 is 0. The molecule has 1 aromatic carbocycles. The van der Waals surface area contributed by atoms with Gasteiger partial charge in [-0.25, -0.2) is 13.1 Å². The highest BCUT2D eigenvalue weighted by atomic mass is 32.2. The van der Waals surface area contributed by atoms with Gasteiger partial charge in [-0.15, -0.1) is 0 Å². The number of aromatic nitrogens is 2. The number of sulfonamides is 1. The Bertz CT molecular complexity index is 918. The molecular formula is C16H23N5O4S. The van der Waals surface area contributed by atoms with Crippen molar-refractivity contribution in [2.75, 3.05) is 42.8 Å². The van der Waals surface area contributed by atoms with Crippen molar-refractivity contribution in [1.82, 2.24) is 14.5 Å². The van der Waals surface area contributed by atoms with Crippen LogP contribution in [0.15, 0.2) is 18.2 Å². The Labute approximate surface area is 152 Å². The summed E-state index contributed by atoms with van der Waals surface area (Å²) in [6, 6.07) is 4.97. The smallest absolute Gasteiger partial charge is 0.243 e. The topological polar surface area (TPSA) is 106 Å². The maximum absolute atomic E-state index is 12.4. The molecule has 3 rings (SSSR count). The first kappa shape index (κ1) is 18.6. The number of carbonyl (C=O) groups excluding carboxylic acids is 1. The van der Waals surface area contributed by atoms with Gasteiger partial charge in [0.05, 0.1) is 42.1 Å². The van der Waals surface area contributed by atoms with E-state index in [1.807, 2.05) is 18.2 Å². The van der Waals surface area contributed by atoms with Crippen molar-refractivity contribution < 1.29 is 17.9 Å². The third-order valence-corrected chi connectivity index (χ3v) is 5.02. The zero-order valence-corrected chi connectivity index (χ0v) is 15.8. The number of ether oxygens (including phenoxy) is 1. The van der Waals surface area contributed by atoms with E-state index < -0.39 is 22.0 Å². The molecule has 2 aromatic rings. The van der Waals surface area contributed by atoms with E-state index in [2.05, 4.69) is 20.0 Å². The molecule has 142 valence electrons. The number of nitrogens with zero attached hydrogens (tertiary/aromatic N) is 3. The molecule has 0 unspecified atom stereocenters. The number of benzene rings is 1. The van der Waals surface area contributed by atoms with Gasteiger partial charge in [0.2, 0.25) is 15.9 Å². The van der Waals surface area contributed by atoms with Crippen molar-refractivity contribution >= 4 is 38.3 Å². The normalized spacial score (nSPS) is 16.7. The number of carbonyl (C=O) groups is 1. The quantitative estimate of drug-likeness (QED) is 0.771. The zero-order valence-electron chi connectivity index (χ0n) is 15.0. The second-order valence-corrected chi connectivity index (χ2v) is 8.12. The molecule has 0 spiro atoms. The molecule has 10 heteroatoms. The number of amides is 1. The summed E-state index contributed by atoms with van der Waals surface area (Å²) in [5.74, 6) is -0.0519. The summed E-state index contributed by atoms with van der Waals surface area (Å²) in [4.78, 5) is 14.6. The van der Waals surface area contributed by atoms with Gasteiger partial charge in [-0.1, -0.05) is 6.07 Å². The Kier molecular flexibility index (Phi) is 5.17. The highest BCUT2D eigenvalue weighted by molar-refractivity contribution is 7.88. The van der Waals surface area contributed by atoms with E-state index in [-0.39, 0.29) is 0 Å². The van der Waals surface area contributed by atoms with Crippen LogP contribution in [0.4, 0.5) is 11.5 Å². The van der Waals surface area contributed by atoms with Gasteiger partial charge >= 0.3 is 0 Å². The molecule has 1 atom stereocenters. The average Bonchev–Trinajstić information content (AvgIpc) is 2.90. The fraction of sp³-hybridized carbons (Fsp3) is 0.500. The van der Waals surface area contributed by atoms with E-state index in [1.54, 1.807) is 11.7 Å². The van der Waals surface area contributed by atoms with Crippen molar-refractivity contribution in [3.05, 3.63) is 18.2 Å². The zero-order chi connectivity index (χ0) is 18.9. The van der Waals surface area contributed by atoms with Crippen molar-refractivity contribution in [3.8, 4) is 0 Å². The first-order valence-electron chi connectivity index (χ1n) is 8.33. The average molecular weight is 381 g/mol. The number of hydrogen-bond donors (Lipinski definition) is 2. The van der Waals surface area contributed by atoms with Crippen LogP contribution in [0.2, 0.25) is 0 Å². The van der Waals surface area contributed by atoms with Gasteiger partial charge in [-0.2, -0.15) is 5.10 Å². The lowest BCUT2D eigenvalue weighted by Crippen LogP contribution is -2.41. The standard InChI is InChI=1S/C16H23N5O4S/c1-11(19-26(3,23)24)16(22)17-15-14-12(20(2)18-15)5-4-6-13(14)21-7-9-25-10-8-21/h4-6,11,19H,7-10H2,1-3H3,(H,17,18,22)/t11-/m1/s1. The molecule has 1 amide bonds. The number of aryl methyl sites for hydroxylation is 1. The Balaban J connectivity index is 1.94. The van der Waals surface area contributed by atoms with Crippen LogP contribution in [0.1, 0.15) is 6.92 Å². The largest absolute Gasteiger partial charge is 0.378 e. The first-order valence-corrected chi connectivity index (χ1v) is 10.2. The first-order chi connectivity index (χ1) is 12.3. The highest BCUT2D eigenvalue weighted by Gasteiger charge is 2.23. The summed E-state index contributed by atoms with van der Waals surface area (Å²) in [5.41, 5.74) is 1.85. The third kappa shape index (κ3) is 3.97. The Morgan fingerprint density at radius 1 is 1.31 bits per heavy atom. The maximum atomic E-state index is 12.4. The van der Waals surface area contributed by atoms with Crippen molar-refractivity contribution in [3.63, 3.8) is 0 Å². The van der Waals surface area contributed by atoms with Crippen LogP contribution < -0.4 is 14.9 Å². The lowest BCUT2D eigenvalue weighted by molar-refractivity contribution is -0.117. The predicted molar refractivity (Wildman–Crippen MR) is 99.8 cm³/mol. The van der Waals surface area contributed by atoms with Gasteiger partial charge in [0.15, 0.2) is 5.82 Å². The van der Waals surface area contributed by atoms with E-state index >= 15 is 0 Å². The van der Waals surface area contributed by atoms with Crippen molar-refractivity contribution in [2.24, 2.45) is 7.05 Å². The summed E-state index contributed by atoms with van der Waals surface area (Å²) < 4.78 is 32.1. The minimum Gasteiger partial charge on any atom is -0.378 e. The molecule has 1 saturated heterocycles. The SMILES string of the molecule is C[C@@H](NS(C)(=O)=O)C(=O)Nc1nn(C)c2cccc(N3CCOCC3)c12.